The zero-order valence-electron chi connectivity index (χ0n) is 24.5. The van der Waals surface area contributed by atoms with Gasteiger partial charge in [-0.1, -0.05) is 121 Å². The van der Waals surface area contributed by atoms with Crippen LogP contribution in [0.4, 0.5) is 0 Å². The SMILES string of the molecule is [C-]#[O+].[C-]#[O+].[C-]#[O+].[C-]#[O+].[CH]1[CH][CH][C](P(c2ccccc2)c2ccccc2)[CH]1.[CH]1[CH][CH][C](P(c2ccccc2)c2ccccc2)[CH]1.[Fe].[Mo]. The summed E-state index contributed by atoms with van der Waals surface area (Å²) in [6.45, 7) is 18.0. The van der Waals surface area contributed by atoms with E-state index in [2.05, 4.69) is 199 Å². The summed E-state index contributed by atoms with van der Waals surface area (Å²) in [5.41, 5.74) is 2.84. The van der Waals surface area contributed by atoms with Crippen LogP contribution in [0.3, 0.4) is 0 Å². The first kappa shape index (κ1) is 46.0. The molecule has 6 rings (SSSR count). The van der Waals surface area contributed by atoms with Crippen molar-refractivity contribution >= 4 is 37.1 Å². The van der Waals surface area contributed by atoms with E-state index in [0.717, 1.165) is 0 Å². The van der Waals surface area contributed by atoms with E-state index in [1.54, 1.807) is 0 Å². The van der Waals surface area contributed by atoms with Gasteiger partial charge < -0.3 is 0 Å². The van der Waals surface area contributed by atoms with E-state index in [1.807, 2.05) is 0 Å². The Balaban J connectivity index is 0. The molecule has 4 aromatic rings. The smallest absolute Gasteiger partial charge is 0.0161 e. The molecule has 8 heteroatoms. The van der Waals surface area contributed by atoms with Crippen LogP contribution in [0.25, 0.3) is 0 Å². The van der Waals surface area contributed by atoms with Gasteiger partial charge in [0.1, 0.15) is 0 Å². The zero-order chi connectivity index (χ0) is 32.4. The monoisotopic (exact) mass is 764 g/mol. The molecule has 4 nitrogen and oxygen atoms in total. The Morgan fingerprint density at radius 1 is 0.326 bits per heavy atom. The van der Waals surface area contributed by atoms with E-state index in [9.17, 15) is 0 Å². The summed E-state index contributed by atoms with van der Waals surface area (Å²) in [4.78, 5) is 0. The zero-order valence-corrected chi connectivity index (χ0v) is 29.4. The maximum absolute atomic E-state index is 7.50. The van der Waals surface area contributed by atoms with Gasteiger partial charge >= 0.3 is 45.2 Å². The minimum atomic E-state index is -0.409. The van der Waals surface area contributed by atoms with Crippen LogP contribution >= 0.6 is 15.8 Å². The molecular weight excluding hydrogens is 734 g/mol. The second kappa shape index (κ2) is 30.3. The molecular formula is C38H28FeMoO4P2. The number of benzene rings is 4. The average Bonchev–Trinajstić information content (AvgIpc) is 3.87. The molecule has 0 atom stereocenters. The predicted molar refractivity (Wildman–Crippen MR) is 175 cm³/mol. The fourth-order valence-corrected chi connectivity index (χ4v) is 8.84. The van der Waals surface area contributed by atoms with Gasteiger partial charge in [-0.25, -0.2) is 0 Å². The van der Waals surface area contributed by atoms with Crippen LogP contribution in [0.1, 0.15) is 0 Å². The Hall–Kier alpha value is -2.09. The minimum absolute atomic E-state index is 0. The fraction of sp³-hybridized carbons (Fsp3) is 0. The van der Waals surface area contributed by atoms with Crippen LogP contribution in [0.5, 0.6) is 0 Å². The summed E-state index contributed by atoms with van der Waals surface area (Å²) >= 11 is 0. The van der Waals surface area contributed by atoms with Crippen molar-refractivity contribution in [2.75, 3.05) is 0 Å². The molecule has 2 aliphatic rings. The molecule has 0 aliphatic heterocycles. The van der Waals surface area contributed by atoms with Crippen molar-refractivity contribution in [3.8, 4) is 0 Å². The van der Waals surface area contributed by atoms with Gasteiger partial charge in [0.25, 0.3) is 0 Å². The number of hydrogen-bond acceptors (Lipinski definition) is 0. The molecule has 0 heterocycles. The second-order valence-corrected chi connectivity index (χ2v) is 12.7. The molecule has 2 aliphatic carbocycles. The van der Waals surface area contributed by atoms with Gasteiger partial charge in [0.2, 0.25) is 0 Å². The van der Waals surface area contributed by atoms with Crippen LogP contribution in [-0.2, 0) is 56.7 Å². The van der Waals surface area contributed by atoms with E-state index < -0.39 is 15.8 Å². The molecule has 0 N–H and O–H groups in total. The quantitative estimate of drug-likeness (QED) is 0.0897. The molecule has 0 unspecified atom stereocenters. The van der Waals surface area contributed by atoms with Crippen LogP contribution in [0.15, 0.2) is 121 Å². The third kappa shape index (κ3) is 15.2. The van der Waals surface area contributed by atoms with Crippen LogP contribution in [0.2, 0.25) is 0 Å². The Morgan fingerprint density at radius 3 is 0.674 bits per heavy atom. The van der Waals surface area contributed by atoms with Crippen LogP contribution < -0.4 is 21.2 Å². The van der Waals surface area contributed by atoms with Crippen LogP contribution in [-0.4, -0.2) is 0 Å². The van der Waals surface area contributed by atoms with Gasteiger partial charge in [0.15, 0.2) is 0 Å². The molecule has 2 fully saturated rings. The third-order valence-electron chi connectivity index (χ3n) is 5.86. The van der Waals surface area contributed by atoms with Gasteiger partial charge in [-0.05, 0) is 88.4 Å². The topological polar surface area (TPSA) is 79.6 Å². The number of hydrogen-bond donors (Lipinski definition) is 0. The Bertz CT molecular complexity index is 1140. The molecule has 228 valence electrons. The van der Waals surface area contributed by atoms with Crippen molar-refractivity contribution in [1.82, 2.24) is 0 Å². The van der Waals surface area contributed by atoms with E-state index in [1.165, 1.54) is 32.5 Å². The predicted octanol–water partition coefficient (Wildman–Crippen LogP) is 6.81. The Morgan fingerprint density at radius 2 is 0.500 bits per heavy atom. The molecule has 0 bridgehead atoms. The summed E-state index contributed by atoms with van der Waals surface area (Å²) in [6.07, 6.45) is 17.4. The molecule has 2 saturated carbocycles. The van der Waals surface area contributed by atoms with Crippen molar-refractivity contribution in [2.24, 2.45) is 0 Å². The van der Waals surface area contributed by atoms with Crippen molar-refractivity contribution < 1.29 is 56.7 Å². The van der Waals surface area contributed by atoms with E-state index in [4.69, 9.17) is 18.6 Å². The fourth-order valence-electron chi connectivity index (χ4n) is 4.23. The standard InChI is InChI=1S/2C17H14P.4CO.Fe.Mo/c2*1-3-9-15(10-4-1)18(17-13-7-8-14-17)16-11-5-2-6-12-16;4*1-2;;/h2*1-14H;;;;;;. The minimum Gasteiger partial charge on any atom is -0.0622 e. The van der Waals surface area contributed by atoms with E-state index in [-0.39, 0.29) is 38.1 Å². The maximum atomic E-state index is 7.50. The first-order valence-corrected chi connectivity index (χ1v) is 15.6. The number of rotatable bonds is 6. The molecule has 46 heavy (non-hydrogen) atoms. The average molecular weight is 762 g/mol. The van der Waals surface area contributed by atoms with Crippen molar-refractivity contribution in [2.45, 2.75) is 0 Å². The Kier molecular flexibility index (Phi) is 30.3. The van der Waals surface area contributed by atoms with Crippen molar-refractivity contribution in [1.29, 1.82) is 0 Å². The first-order valence-electron chi connectivity index (χ1n) is 13.0. The molecule has 0 saturated heterocycles. The summed E-state index contributed by atoms with van der Waals surface area (Å²) in [5.74, 6) is 0. The summed E-state index contributed by atoms with van der Waals surface area (Å²) < 4.78 is 30.0. The van der Waals surface area contributed by atoms with Gasteiger partial charge in [-0.2, -0.15) is 0 Å². The maximum Gasteiger partial charge on any atom is 0.0161 e. The molecule has 0 amide bonds. The van der Waals surface area contributed by atoms with Gasteiger partial charge in [0, 0.05) is 49.5 Å². The summed E-state index contributed by atoms with van der Waals surface area (Å²) in [5, 5.41) is 5.63. The summed E-state index contributed by atoms with van der Waals surface area (Å²) in [6, 6.07) is 43.1. The van der Waals surface area contributed by atoms with Gasteiger partial charge in [0.05, 0.1) is 0 Å². The molecule has 10 radical (unpaired) electrons. The molecule has 0 spiro atoms. The van der Waals surface area contributed by atoms with Crippen molar-refractivity contribution in [3.05, 3.63) is 211 Å². The Labute approximate surface area is 302 Å². The first-order chi connectivity index (χ1) is 21.9. The van der Waals surface area contributed by atoms with Gasteiger partial charge in [-0.3, -0.25) is 0 Å². The summed E-state index contributed by atoms with van der Waals surface area (Å²) in [7, 11) is -0.818. The third-order valence-corrected chi connectivity index (χ3v) is 10.8. The molecule has 4 aromatic carbocycles. The largest absolute Gasteiger partial charge is 0.0622 e. The van der Waals surface area contributed by atoms with Crippen LogP contribution in [0, 0.1) is 89.3 Å². The molecule has 0 aromatic heterocycles. The normalized spacial score (nSPS) is 12.9. The second-order valence-electron chi connectivity index (χ2n) is 8.30. The van der Waals surface area contributed by atoms with E-state index >= 15 is 0 Å². The van der Waals surface area contributed by atoms with Crippen molar-refractivity contribution in [3.63, 3.8) is 0 Å². The van der Waals surface area contributed by atoms with Gasteiger partial charge in [-0.15, -0.1) is 0 Å². The van der Waals surface area contributed by atoms with E-state index in [0.29, 0.717) is 0 Å².